The summed E-state index contributed by atoms with van der Waals surface area (Å²) in [6.07, 6.45) is 1.62. The van der Waals surface area contributed by atoms with Crippen LogP contribution in [-0.2, 0) is 0 Å². The zero-order chi connectivity index (χ0) is 9.54. The first kappa shape index (κ1) is 8.14. The first-order chi connectivity index (χ1) is 6.84. The van der Waals surface area contributed by atoms with Crippen molar-refractivity contribution in [1.29, 1.82) is 0 Å². The van der Waals surface area contributed by atoms with Gasteiger partial charge in [-0.15, -0.1) is 11.3 Å². The molecule has 0 bridgehead atoms. The highest BCUT2D eigenvalue weighted by Crippen LogP contribution is 2.28. The maximum Gasteiger partial charge on any atom is 0.140 e. The molecule has 1 fully saturated rings. The maximum atomic E-state index is 5.74. The first-order valence-corrected chi connectivity index (χ1v) is 5.41. The SMILES string of the molecule is NC1CN(c2ncnc3sccc23)C1. The Hall–Kier alpha value is -1.20. The Balaban J connectivity index is 2.07. The van der Waals surface area contributed by atoms with Gasteiger partial charge in [0.15, 0.2) is 0 Å². The summed E-state index contributed by atoms with van der Waals surface area (Å²) in [5.41, 5.74) is 5.74. The van der Waals surface area contributed by atoms with Gasteiger partial charge >= 0.3 is 0 Å². The summed E-state index contributed by atoms with van der Waals surface area (Å²) in [5.74, 6) is 1.03. The lowest BCUT2D eigenvalue weighted by Crippen LogP contribution is -2.56. The number of anilines is 1. The molecule has 0 unspecified atom stereocenters. The number of thiophene rings is 1. The second-order valence-electron chi connectivity index (χ2n) is 3.50. The van der Waals surface area contributed by atoms with Gasteiger partial charge in [-0.05, 0) is 11.4 Å². The van der Waals surface area contributed by atoms with Crippen LogP contribution in [0.5, 0.6) is 0 Å². The highest BCUT2D eigenvalue weighted by molar-refractivity contribution is 7.16. The van der Waals surface area contributed by atoms with Gasteiger partial charge in [-0.3, -0.25) is 0 Å². The van der Waals surface area contributed by atoms with E-state index in [0.29, 0.717) is 6.04 Å². The van der Waals surface area contributed by atoms with Gasteiger partial charge in [-0.25, -0.2) is 9.97 Å². The first-order valence-electron chi connectivity index (χ1n) is 4.53. The van der Waals surface area contributed by atoms with E-state index >= 15 is 0 Å². The molecular formula is C9H10N4S. The zero-order valence-electron chi connectivity index (χ0n) is 7.55. The van der Waals surface area contributed by atoms with E-state index in [1.807, 2.05) is 5.38 Å². The van der Waals surface area contributed by atoms with Gasteiger partial charge in [-0.2, -0.15) is 0 Å². The third kappa shape index (κ3) is 1.09. The van der Waals surface area contributed by atoms with Crippen molar-refractivity contribution in [3.05, 3.63) is 17.8 Å². The minimum Gasteiger partial charge on any atom is -0.353 e. The standard InChI is InChI=1S/C9H10N4S/c10-6-3-13(4-6)8-7-1-2-14-9(7)12-5-11-8/h1-2,5-6H,3-4,10H2. The molecule has 0 aliphatic carbocycles. The van der Waals surface area contributed by atoms with Gasteiger partial charge in [0.1, 0.15) is 17.0 Å². The van der Waals surface area contributed by atoms with Gasteiger partial charge in [0.25, 0.3) is 0 Å². The fourth-order valence-corrected chi connectivity index (χ4v) is 2.44. The number of fused-ring (bicyclic) bond motifs is 1. The maximum absolute atomic E-state index is 5.74. The van der Waals surface area contributed by atoms with Crippen LogP contribution in [0, 0.1) is 0 Å². The van der Waals surface area contributed by atoms with Crippen molar-refractivity contribution < 1.29 is 0 Å². The van der Waals surface area contributed by atoms with E-state index in [9.17, 15) is 0 Å². The van der Waals surface area contributed by atoms with E-state index in [-0.39, 0.29) is 0 Å². The molecular weight excluding hydrogens is 196 g/mol. The molecule has 0 aromatic carbocycles. The number of hydrogen-bond donors (Lipinski definition) is 1. The van der Waals surface area contributed by atoms with Gasteiger partial charge in [-0.1, -0.05) is 0 Å². The Labute approximate surface area is 85.4 Å². The molecule has 4 nitrogen and oxygen atoms in total. The van der Waals surface area contributed by atoms with Gasteiger partial charge in [0, 0.05) is 19.1 Å². The Morgan fingerprint density at radius 2 is 2.29 bits per heavy atom. The molecule has 2 N–H and O–H groups in total. The van der Waals surface area contributed by atoms with Gasteiger partial charge in [0.2, 0.25) is 0 Å². The van der Waals surface area contributed by atoms with Crippen molar-refractivity contribution in [1.82, 2.24) is 9.97 Å². The lowest BCUT2D eigenvalue weighted by Gasteiger charge is -2.37. The third-order valence-corrected chi connectivity index (χ3v) is 3.27. The van der Waals surface area contributed by atoms with Crippen LogP contribution in [0.2, 0.25) is 0 Å². The molecule has 0 atom stereocenters. The average Bonchev–Trinajstić information content (AvgIpc) is 2.60. The summed E-state index contributed by atoms with van der Waals surface area (Å²) in [6.45, 7) is 1.81. The minimum absolute atomic E-state index is 0.304. The van der Waals surface area contributed by atoms with Crippen molar-refractivity contribution >= 4 is 27.4 Å². The molecule has 5 heteroatoms. The predicted octanol–water partition coefficient (Wildman–Crippen LogP) is 0.839. The highest BCUT2D eigenvalue weighted by Gasteiger charge is 2.25. The minimum atomic E-state index is 0.304. The van der Waals surface area contributed by atoms with Crippen LogP contribution in [0.25, 0.3) is 10.2 Å². The van der Waals surface area contributed by atoms with Crippen LogP contribution in [0.3, 0.4) is 0 Å². The molecule has 2 aromatic rings. The largest absolute Gasteiger partial charge is 0.353 e. The molecule has 0 saturated carbocycles. The van der Waals surface area contributed by atoms with Gasteiger partial charge in [0.05, 0.1) is 5.39 Å². The van der Waals surface area contributed by atoms with E-state index in [4.69, 9.17) is 5.73 Å². The van der Waals surface area contributed by atoms with Crippen LogP contribution in [0.15, 0.2) is 17.8 Å². The molecule has 2 aromatic heterocycles. The van der Waals surface area contributed by atoms with Crippen molar-refractivity contribution in [2.45, 2.75) is 6.04 Å². The third-order valence-electron chi connectivity index (χ3n) is 2.45. The quantitative estimate of drug-likeness (QED) is 0.751. The lowest BCUT2D eigenvalue weighted by atomic mass is 10.1. The van der Waals surface area contributed by atoms with Crippen LogP contribution in [-0.4, -0.2) is 29.1 Å². The predicted molar refractivity (Wildman–Crippen MR) is 57.6 cm³/mol. The summed E-state index contributed by atoms with van der Waals surface area (Å²) in [6, 6.07) is 2.37. The number of nitrogens with zero attached hydrogens (tertiary/aromatic N) is 3. The fourth-order valence-electron chi connectivity index (χ4n) is 1.71. The van der Waals surface area contributed by atoms with E-state index in [2.05, 4.69) is 20.9 Å². The second-order valence-corrected chi connectivity index (χ2v) is 4.40. The second kappa shape index (κ2) is 2.90. The molecule has 3 rings (SSSR count). The molecule has 1 aliphatic rings. The Kier molecular flexibility index (Phi) is 1.68. The molecule has 1 saturated heterocycles. The molecule has 3 heterocycles. The summed E-state index contributed by atoms with van der Waals surface area (Å²) >= 11 is 1.65. The van der Waals surface area contributed by atoms with E-state index in [1.54, 1.807) is 17.7 Å². The number of nitrogens with two attached hydrogens (primary N) is 1. The Morgan fingerprint density at radius 1 is 1.43 bits per heavy atom. The molecule has 14 heavy (non-hydrogen) atoms. The number of hydrogen-bond acceptors (Lipinski definition) is 5. The van der Waals surface area contributed by atoms with Crippen LogP contribution < -0.4 is 10.6 Å². The summed E-state index contributed by atoms with van der Waals surface area (Å²) in [7, 11) is 0. The van der Waals surface area contributed by atoms with Crippen LogP contribution in [0.1, 0.15) is 0 Å². The summed E-state index contributed by atoms with van der Waals surface area (Å²) in [4.78, 5) is 11.8. The fraction of sp³-hybridized carbons (Fsp3) is 0.333. The monoisotopic (exact) mass is 206 g/mol. The highest BCUT2D eigenvalue weighted by atomic mass is 32.1. The van der Waals surface area contributed by atoms with Crippen molar-refractivity contribution in [3.8, 4) is 0 Å². The van der Waals surface area contributed by atoms with Crippen LogP contribution in [0.4, 0.5) is 5.82 Å². The smallest absolute Gasteiger partial charge is 0.140 e. The van der Waals surface area contributed by atoms with Crippen LogP contribution >= 0.6 is 11.3 Å². The Morgan fingerprint density at radius 3 is 3.07 bits per heavy atom. The summed E-state index contributed by atoms with van der Waals surface area (Å²) < 4.78 is 0. The Bertz CT molecular complexity index is 461. The van der Waals surface area contributed by atoms with E-state index in [0.717, 1.165) is 29.1 Å². The molecule has 0 amide bonds. The molecule has 0 spiro atoms. The summed E-state index contributed by atoms with van der Waals surface area (Å²) in [5, 5.41) is 3.19. The average molecular weight is 206 g/mol. The van der Waals surface area contributed by atoms with E-state index < -0.39 is 0 Å². The molecule has 1 aliphatic heterocycles. The lowest BCUT2D eigenvalue weighted by molar-refractivity contribution is 0.516. The van der Waals surface area contributed by atoms with E-state index in [1.165, 1.54) is 0 Å². The topological polar surface area (TPSA) is 55.0 Å². The number of rotatable bonds is 1. The van der Waals surface area contributed by atoms with Crippen molar-refractivity contribution in [2.24, 2.45) is 5.73 Å². The molecule has 0 radical (unpaired) electrons. The normalized spacial score (nSPS) is 17.4. The number of aromatic nitrogens is 2. The zero-order valence-corrected chi connectivity index (χ0v) is 8.37. The van der Waals surface area contributed by atoms with Gasteiger partial charge < -0.3 is 10.6 Å². The molecule has 72 valence electrons. The van der Waals surface area contributed by atoms with Crippen molar-refractivity contribution in [2.75, 3.05) is 18.0 Å². The van der Waals surface area contributed by atoms with Crippen molar-refractivity contribution in [3.63, 3.8) is 0 Å².